The third-order valence-electron chi connectivity index (χ3n) is 3.60. The van der Waals surface area contributed by atoms with Gasteiger partial charge in [-0.05, 0) is 59.0 Å². The molecule has 23 heavy (non-hydrogen) atoms. The first kappa shape index (κ1) is 16.1. The van der Waals surface area contributed by atoms with Crippen molar-refractivity contribution in [3.8, 4) is 5.75 Å². The molecule has 1 heterocycles. The van der Waals surface area contributed by atoms with Crippen molar-refractivity contribution >= 4 is 49.2 Å². The molecule has 0 spiro atoms. The van der Waals surface area contributed by atoms with Crippen molar-refractivity contribution in [2.45, 2.75) is 4.90 Å². The molecule has 0 fully saturated rings. The molecule has 3 aromatic rings. The van der Waals surface area contributed by atoms with E-state index < -0.39 is 10.0 Å². The molecule has 0 aliphatic carbocycles. The third kappa shape index (κ3) is 2.76. The topological polar surface area (TPSA) is 75.3 Å². The lowest BCUT2D eigenvalue weighted by atomic mass is 10.2. The Labute approximate surface area is 147 Å². The number of halogens is 1. The van der Waals surface area contributed by atoms with E-state index in [0.717, 1.165) is 8.96 Å². The van der Waals surface area contributed by atoms with Gasteiger partial charge in [0, 0.05) is 16.0 Å². The van der Waals surface area contributed by atoms with E-state index in [4.69, 9.17) is 4.74 Å². The summed E-state index contributed by atoms with van der Waals surface area (Å²) < 4.78 is 33.0. The minimum Gasteiger partial charge on any atom is -0.497 e. The lowest BCUT2D eigenvalue weighted by Crippen LogP contribution is -2.26. The summed E-state index contributed by atoms with van der Waals surface area (Å²) in [6.45, 7) is 0. The van der Waals surface area contributed by atoms with Gasteiger partial charge in [-0.15, -0.1) is 0 Å². The second-order valence-electron chi connectivity index (χ2n) is 4.87. The molecule has 0 saturated carbocycles. The Hall–Kier alpha value is -1.81. The molecule has 120 valence electrons. The van der Waals surface area contributed by atoms with Crippen LogP contribution in [0, 0.1) is 3.57 Å². The first-order valence-corrected chi connectivity index (χ1v) is 9.21. The number of fused-ring (bicyclic) bond motifs is 1. The number of benzene rings is 2. The Kier molecular flexibility index (Phi) is 4.19. The Morgan fingerprint density at radius 3 is 2.52 bits per heavy atom. The molecule has 0 unspecified atom stereocenters. The van der Waals surface area contributed by atoms with Gasteiger partial charge < -0.3 is 4.74 Å². The van der Waals surface area contributed by atoms with Crippen LogP contribution in [-0.2, 0) is 10.0 Å². The Balaban J connectivity index is 2.08. The van der Waals surface area contributed by atoms with Gasteiger partial charge in [-0.2, -0.15) is 5.10 Å². The van der Waals surface area contributed by atoms with Crippen LogP contribution in [0.4, 0.5) is 5.69 Å². The smallest absolute Gasteiger partial charge is 0.264 e. The molecule has 1 aromatic heterocycles. The van der Waals surface area contributed by atoms with E-state index in [-0.39, 0.29) is 4.90 Å². The van der Waals surface area contributed by atoms with E-state index in [0.29, 0.717) is 17.0 Å². The van der Waals surface area contributed by atoms with Crippen LogP contribution < -0.4 is 9.04 Å². The molecule has 2 aromatic carbocycles. The second kappa shape index (κ2) is 6.00. The fourth-order valence-electron chi connectivity index (χ4n) is 2.29. The van der Waals surface area contributed by atoms with Crippen LogP contribution in [-0.4, -0.2) is 32.8 Å². The van der Waals surface area contributed by atoms with Gasteiger partial charge in [0.1, 0.15) is 5.75 Å². The fourth-order valence-corrected chi connectivity index (χ4v) is 4.08. The molecule has 8 heteroatoms. The van der Waals surface area contributed by atoms with E-state index in [9.17, 15) is 8.42 Å². The van der Waals surface area contributed by atoms with Gasteiger partial charge in [-0.25, -0.2) is 8.42 Å². The fraction of sp³-hybridized carbons (Fsp3) is 0.133. The van der Waals surface area contributed by atoms with Gasteiger partial charge in [-0.3, -0.25) is 9.40 Å². The number of hydrogen-bond acceptors (Lipinski definition) is 4. The summed E-state index contributed by atoms with van der Waals surface area (Å²) in [5, 5.41) is 7.77. The van der Waals surface area contributed by atoms with Gasteiger partial charge in [-0.1, -0.05) is 0 Å². The van der Waals surface area contributed by atoms with E-state index in [1.165, 1.54) is 30.6 Å². The van der Waals surface area contributed by atoms with E-state index in [2.05, 4.69) is 32.8 Å². The Morgan fingerprint density at radius 1 is 1.17 bits per heavy atom. The molecule has 3 rings (SSSR count). The highest BCUT2D eigenvalue weighted by molar-refractivity contribution is 14.1. The molecular formula is C15H14IN3O3S. The molecule has 0 aliphatic rings. The van der Waals surface area contributed by atoms with Crippen molar-refractivity contribution < 1.29 is 13.2 Å². The zero-order valence-corrected chi connectivity index (χ0v) is 15.4. The standard InChI is InChI=1S/C15H14IN3O3S/c1-19(14-8-7-13(16)12-9-17-18-15(12)14)23(20,21)11-5-3-10(22-2)4-6-11/h3-9H,1-2H3,(H,17,18). The highest BCUT2D eigenvalue weighted by Gasteiger charge is 2.23. The van der Waals surface area contributed by atoms with Gasteiger partial charge >= 0.3 is 0 Å². The number of aromatic amines is 1. The van der Waals surface area contributed by atoms with Crippen molar-refractivity contribution in [2.75, 3.05) is 18.5 Å². The molecular weight excluding hydrogens is 429 g/mol. The number of hydrogen-bond donors (Lipinski definition) is 1. The number of rotatable bonds is 4. The SMILES string of the molecule is COc1ccc(S(=O)(=O)N(C)c2ccc(I)c3cn[nH]c23)cc1. The number of ether oxygens (including phenoxy) is 1. The first-order valence-electron chi connectivity index (χ1n) is 6.69. The molecule has 0 atom stereocenters. The van der Waals surface area contributed by atoms with Crippen molar-refractivity contribution in [3.05, 3.63) is 46.2 Å². The summed E-state index contributed by atoms with van der Waals surface area (Å²) in [5.74, 6) is 0.608. The largest absolute Gasteiger partial charge is 0.497 e. The minimum atomic E-state index is -3.67. The van der Waals surface area contributed by atoms with Gasteiger partial charge in [0.05, 0.1) is 29.4 Å². The predicted molar refractivity (Wildman–Crippen MR) is 97.4 cm³/mol. The third-order valence-corrected chi connectivity index (χ3v) is 6.32. The van der Waals surface area contributed by atoms with Crippen LogP contribution in [0.25, 0.3) is 10.9 Å². The van der Waals surface area contributed by atoms with Crippen molar-refractivity contribution in [1.82, 2.24) is 10.2 Å². The van der Waals surface area contributed by atoms with E-state index >= 15 is 0 Å². The second-order valence-corrected chi connectivity index (χ2v) is 8.00. The van der Waals surface area contributed by atoms with Crippen molar-refractivity contribution in [2.24, 2.45) is 0 Å². The Bertz CT molecular complexity index is 952. The van der Waals surface area contributed by atoms with Crippen LogP contribution in [0.1, 0.15) is 0 Å². The summed E-state index contributed by atoms with van der Waals surface area (Å²) in [4.78, 5) is 0.201. The molecule has 0 aliphatic heterocycles. The van der Waals surface area contributed by atoms with E-state index in [1.54, 1.807) is 24.4 Å². The van der Waals surface area contributed by atoms with Gasteiger partial charge in [0.15, 0.2) is 0 Å². The number of nitrogens with one attached hydrogen (secondary N) is 1. The first-order chi connectivity index (χ1) is 10.9. The number of nitrogens with zero attached hydrogens (tertiary/aromatic N) is 2. The van der Waals surface area contributed by atoms with Gasteiger partial charge in [0.2, 0.25) is 0 Å². The van der Waals surface area contributed by atoms with Crippen LogP contribution in [0.3, 0.4) is 0 Å². The highest BCUT2D eigenvalue weighted by atomic mass is 127. The maximum Gasteiger partial charge on any atom is 0.264 e. The average molecular weight is 443 g/mol. The summed E-state index contributed by atoms with van der Waals surface area (Å²) in [5.41, 5.74) is 1.24. The number of anilines is 1. The Morgan fingerprint density at radius 2 is 1.87 bits per heavy atom. The lowest BCUT2D eigenvalue weighted by molar-refractivity contribution is 0.414. The molecule has 0 bridgehead atoms. The highest BCUT2D eigenvalue weighted by Crippen LogP contribution is 2.31. The van der Waals surface area contributed by atoms with E-state index in [1.807, 2.05) is 6.07 Å². The summed E-state index contributed by atoms with van der Waals surface area (Å²) >= 11 is 2.19. The molecule has 6 nitrogen and oxygen atoms in total. The van der Waals surface area contributed by atoms with Crippen molar-refractivity contribution in [1.29, 1.82) is 0 Å². The molecule has 0 radical (unpaired) electrons. The molecule has 0 saturated heterocycles. The number of aromatic nitrogens is 2. The van der Waals surface area contributed by atoms with Crippen LogP contribution >= 0.6 is 22.6 Å². The van der Waals surface area contributed by atoms with Crippen LogP contribution in [0.5, 0.6) is 5.75 Å². The summed E-state index contributed by atoms with van der Waals surface area (Å²) in [6.07, 6.45) is 1.69. The van der Waals surface area contributed by atoms with Crippen LogP contribution in [0.2, 0.25) is 0 Å². The normalized spacial score (nSPS) is 11.6. The number of sulfonamides is 1. The number of H-pyrrole nitrogens is 1. The maximum absolute atomic E-state index is 12.8. The molecule has 1 N–H and O–H groups in total. The summed E-state index contributed by atoms with van der Waals surface area (Å²) in [7, 11) is -0.604. The maximum atomic E-state index is 12.8. The van der Waals surface area contributed by atoms with Gasteiger partial charge in [0.25, 0.3) is 10.0 Å². The zero-order chi connectivity index (χ0) is 16.6. The monoisotopic (exact) mass is 443 g/mol. The quantitative estimate of drug-likeness (QED) is 0.630. The predicted octanol–water partition coefficient (Wildman–Crippen LogP) is 3.00. The number of methoxy groups -OCH3 is 1. The average Bonchev–Trinajstić information content (AvgIpc) is 3.05. The van der Waals surface area contributed by atoms with Crippen molar-refractivity contribution in [3.63, 3.8) is 0 Å². The lowest BCUT2D eigenvalue weighted by Gasteiger charge is -2.20. The zero-order valence-electron chi connectivity index (χ0n) is 12.4. The minimum absolute atomic E-state index is 0.201. The summed E-state index contributed by atoms with van der Waals surface area (Å²) in [6, 6.07) is 9.95. The molecule has 0 amide bonds. The van der Waals surface area contributed by atoms with Crippen LogP contribution in [0.15, 0.2) is 47.5 Å².